The lowest BCUT2D eigenvalue weighted by Crippen LogP contribution is -1.92. The number of aromatic hydroxyl groups is 1. The second kappa shape index (κ2) is 3.88. The molecular formula is C15H13NO2. The Hall–Kier alpha value is -2.29. The number of nitrogens with zero attached hydrogens (tertiary/aromatic N) is 1. The van der Waals surface area contributed by atoms with E-state index in [1.807, 2.05) is 12.1 Å². The van der Waals surface area contributed by atoms with E-state index in [9.17, 15) is 5.11 Å². The number of fused-ring (bicyclic) bond motifs is 1. The van der Waals surface area contributed by atoms with Crippen molar-refractivity contribution >= 4 is 5.76 Å². The first kappa shape index (κ1) is 10.8. The average molecular weight is 239 g/mol. The maximum absolute atomic E-state index is 9.50. The van der Waals surface area contributed by atoms with Crippen LogP contribution in [0.15, 0.2) is 37.2 Å². The van der Waals surface area contributed by atoms with Gasteiger partial charge in [-0.3, -0.25) is 4.98 Å². The van der Waals surface area contributed by atoms with Gasteiger partial charge in [0.2, 0.25) is 0 Å². The van der Waals surface area contributed by atoms with Crippen molar-refractivity contribution in [1.29, 1.82) is 0 Å². The van der Waals surface area contributed by atoms with Crippen molar-refractivity contribution in [2.75, 3.05) is 0 Å². The molecule has 0 unspecified atom stereocenters. The molecule has 1 aromatic heterocycles. The van der Waals surface area contributed by atoms with Gasteiger partial charge in [-0.25, -0.2) is 0 Å². The van der Waals surface area contributed by atoms with Gasteiger partial charge in [-0.2, -0.15) is 0 Å². The van der Waals surface area contributed by atoms with Crippen LogP contribution in [0.1, 0.15) is 16.7 Å². The van der Waals surface area contributed by atoms with Crippen molar-refractivity contribution in [3.05, 3.63) is 53.9 Å². The van der Waals surface area contributed by atoms with Crippen LogP contribution in [0.2, 0.25) is 0 Å². The normalized spacial score (nSPS) is 13.3. The molecule has 1 N–H and O–H groups in total. The van der Waals surface area contributed by atoms with Gasteiger partial charge in [0.1, 0.15) is 18.1 Å². The Morgan fingerprint density at radius 3 is 2.83 bits per heavy atom. The van der Waals surface area contributed by atoms with Crippen LogP contribution in [0, 0.1) is 6.92 Å². The quantitative estimate of drug-likeness (QED) is 0.830. The smallest absolute Gasteiger partial charge is 0.134 e. The summed E-state index contributed by atoms with van der Waals surface area (Å²) >= 11 is 0. The predicted molar refractivity (Wildman–Crippen MR) is 69.9 cm³/mol. The molecule has 0 fully saturated rings. The third-order valence-corrected chi connectivity index (χ3v) is 3.32. The third kappa shape index (κ3) is 1.56. The minimum absolute atomic E-state index is 0.174. The minimum atomic E-state index is 0.174. The van der Waals surface area contributed by atoms with E-state index in [0.717, 1.165) is 28.0 Å². The summed E-state index contributed by atoms with van der Waals surface area (Å²) in [5.41, 5.74) is 5.37. The fourth-order valence-corrected chi connectivity index (χ4v) is 2.33. The Kier molecular flexibility index (Phi) is 2.33. The average Bonchev–Trinajstić information content (AvgIpc) is 2.73. The molecule has 2 aromatic rings. The highest BCUT2D eigenvalue weighted by molar-refractivity contribution is 5.75. The van der Waals surface area contributed by atoms with Gasteiger partial charge in [-0.15, -0.1) is 0 Å². The maximum atomic E-state index is 9.50. The molecule has 0 amide bonds. The van der Waals surface area contributed by atoms with E-state index in [-0.39, 0.29) is 5.75 Å². The molecule has 3 rings (SSSR count). The number of hydrogen-bond acceptors (Lipinski definition) is 3. The lowest BCUT2D eigenvalue weighted by Gasteiger charge is -2.09. The highest BCUT2D eigenvalue weighted by atomic mass is 16.5. The molecule has 1 aromatic carbocycles. The standard InChI is InChI=1S/C15H13NO2/c1-9-13(11-5-12(17)7-16-6-11)3-4-14-10(2)18-8-15(9)14/h3-7,17H,2,8H2,1H3. The van der Waals surface area contributed by atoms with Crippen LogP contribution in [0.3, 0.4) is 0 Å². The van der Waals surface area contributed by atoms with E-state index in [4.69, 9.17) is 4.74 Å². The molecular weight excluding hydrogens is 226 g/mol. The van der Waals surface area contributed by atoms with Crippen molar-refractivity contribution in [1.82, 2.24) is 4.98 Å². The zero-order chi connectivity index (χ0) is 12.7. The van der Waals surface area contributed by atoms with Crippen LogP contribution in [-0.4, -0.2) is 10.1 Å². The van der Waals surface area contributed by atoms with Crippen molar-refractivity contribution in [3.63, 3.8) is 0 Å². The lowest BCUT2D eigenvalue weighted by atomic mass is 9.94. The Labute approximate surface area is 105 Å². The highest BCUT2D eigenvalue weighted by Gasteiger charge is 2.20. The summed E-state index contributed by atoms with van der Waals surface area (Å²) in [6.07, 6.45) is 3.18. The lowest BCUT2D eigenvalue weighted by molar-refractivity contribution is 0.286. The Morgan fingerprint density at radius 2 is 2.06 bits per heavy atom. The zero-order valence-electron chi connectivity index (χ0n) is 10.1. The molecule has 1 aliphatic rings. The molecule has 0 bridgehead atoms. The second-order valence-corrected chi connectivity index (χ2v) is 4.41. The summed E-state index contributed by atoms with van der Waals surface area (Å²) in [5.74, 6) is 0.904. The SMILES string of the molecule is C=C1OCc2c1ccc(-c1cncc(O)c1)c2C. The monoisotopic (exact) mass is 239 g/mol. The molecule has 18 heavy (non-hydrogen) atoms. The summed E-state index contributed by atoms with van der Waals surface area (Å²) < 4.78 is 5.46. The van der Waals surface area contributed by atoms with Crippen LogP contribution >= 0.6 is 0 Å². The third-order valence-electron chi connectivity index (χ3n) is 3.32. The van der Waals surface area contributed by atoms with Crippen molar-refractivity contribution in [2.45, 2.75) is 13.5 Å². The van der Waals surface area contributed by atoms with Crippen LogP contribution in [0.4, 0.5) is 0 Å². The van der Waals surface area contributed by atoms with Crippen LogP contribution in [-0.2, 0) is 11.3 Å². The highest BCUT2D eigenvalue weighted by Crippen LogP contribution is 2.36. The zero-order valence-corrected chi connectivity index (χ0v) is 10.1. The molecule has 0 saturated heterocycles. The van der Waals surface area contributed by atoms with Gasteiger partial charge in [0.15, 0.2) is 0 Å². The van der Waals surface area contributed by atoms with E-state index in [1.54, 1.807) is 12.3 Å². The first-order chi connectivity index (χ1) is 8.66. The number of ether oxygens (including phenoxy) is 1. The van der Waals surface area contributed by atoms with Gasteiger partial charge in [0.25, 0.3) is 0 Å². The summed E-state index contributed by atoms with van der Waals surface area (Å²) in [4.78, 5) is 4.01. The van der Waals surface area contributed by atoms with Gasteiger partial charge in [0.05, 0.1) is 6.20 Å². The van der Waals surface area contributed by atoms with E-state index in [0.29, 0.717) is 6.61 Å². The first-order valence-electron chi connectivity index (χ1n) is 5.76. The number of pyridine rings is 1. The van der Waals surface area contributed by atoms with Crippen molar-refractivity contribution in [2.24, 2.45) is 0 Å². The number of rotatable bonds is 1. The van der Waals surface area contributed by atoms with E-state index < -0.39 is 0 Å². The molecule has 1 aliphatic heterocycles. The summed E-state index contributed by atoms with van der Waals surface area (Å²) in [6, 6.07) is 5.74. The van der Waals surface area contributed by atoms with Gasteiger partial charge >= 0.3 is 0 Å². The molecule has 0 saturated carbocycles. The molecule has 0 aliphatic carbocycles. The minimum Gasteiger partial charge on any atom is -0.506 e. The van der Waals surface area contributed by atoms with E-state index in [2.05, 4.69) is 18.5 Å². The fraction of sp³-hybridized carbons (Fsp3) is 0.133. The molecule has 3 nitrogen and oxygen atoms in total. The number of aromatic nitrogens is 1. The number of benzene rings is 1. The van der Waals surface area contributed by atoms with Gasteiger partial charge in [-0.05, 0) is 24.1 Å². The van der Waals surface area contributed by atoms with Crippen LogP contribution in [0.5, 0.6) is 5.75 Å². The van der Waals surface area contributed by atoms with Gasteiger partial charge in [-0.1, -0.05) is 18.7 Å². The molecule has 2 heterocycles. The Morgan fingerprint density at radius 1 is 1.28 bits per heavy atom. The Balaban J connectivity index is 2.18. The van der Waals surface area contributed by atoms with Gasteiger partial charge < -0.3 is 9.84 Å². The Bertz CT molecular complexity index is 647. The van der Waals surface area contributed by atoms with Crippen molar-refractivity contribution < 1.29 is 9.84 Å². The molecule has 0 radical (unpaired) electrons. The number of hydrogen-bond donors (Lipinski definition) is 1. The van der Waals surface area contributed by atoms with Crippen LogP contribution in [0.25, 0.3) is 16.9 Å². The topological polar surface area (TPSA) is 42.4 Å². The summed E-state index contributed by atoms with van der Waals surface area (Å²) in [7, 11) is 0. The van der Waals surface area contributed by atoms with Crippen molar-refractivity contribution in [3.8, 4) is 16.9 Å². The molecule has 0 spiro atoms. The van der Waals surface area contributed by atoms with E-state index >= 15 is 0 Å². The largest absolute Gasteiger partial charge is 0.506 e. The fourth-order valence-electron chi connectivity index (χ4n) is 2.33. The van der Waals surface area contributed by atoms with E-state index in [1.165, 1.54) is 11.8 Å². The summed E-state index contributed by atoms with van der Waals surface area (Å²) in [5, 5.41) is 9.50. The van der Waals surface area contributed by atoms with Crippen LogP contribution < -0.4 is 0 Å². The molecule has 0 atom stereocenters. The maximum Gasteiger partial charge on any atom is 0.134 e. The molecule has 3 heteroatoms. The first-order valence-corrected chi connectivity index (χ1v) is 5.76. The summed E-state index contributed by atoms with van der Waals surface area (Å²) in [6.45, 7) is 6.50. The van der Waals surface area contributed by atoms with Gasteiger partial charge in [0, 0.05) is 22.9 Å². The molecule has 90 valence electrons. The predicted octanol–water partition coefficient (Wildman–Crippen LogP) is 3.26. The second-order valence-electron chi connectivity index (χ2n) is 4.41.